The molecule has 0 spiro atoms. The summed E-state index contributed by atoms with van der Waals surface area (Å²) in [5, 5.41) is 10.1. The molecule has 0 aliphatic heterocycles. The van der Waals surface area contributed by atoms with Crippen molar-refractivity contribution in [2.75, 3.05) is 0 Å². The predicted octanol–water partition coefficient (Wildman–Crippen LogP) is 2.20. The van der Waals surface area contributed by atoms with Gasteiger partial charge in [-0.05, 0) is 12.1 Å². The summed E-state index contributed by atoms with van der Waals surface area (Å²) in [7, 11) is 0. The SMILES string of the molecule is O=c1[nH]cc(N=Cc2cc(Cl)cc(Cl)c2O)c(=O)[nH]1.[NH4+]. The number of nitrogens with zero attached hydrogens (tertiary/aromatic N) is 1. The van der Waals surface area contributed by atoms with E-state index in [1.165, 1.54) is 18.3 Å². The van der Waals surface area contributed by atoms with Crippen LogP contribution in [0.1, 0.15) is 5.56 Å². The Morgan fingerprint density at radius 3 is 2.60 bits per heavy atom. The highest BCUT2D eigenvalue weighted by Gasteiger charge is 2.06. The first-order chi connectivity index (χ1) is 8.97. The van der Waals surface area contributed by atoms with Crippen molar-refractivity contribution in [3.63, 3.8) is 0 Å². The molecule has 0 saturated heterocycles. The molecular weight excluding hydrogens is 307 g/mol. The number of hydrogen-bond donors (Lipinski definition) is 4. The van der Waals surface area contributed by atoms with E-state index in [1.807, 2.05) is 4.98 Å². The molecule has 0 atom stereocenters. The maximum Gasteiger partial charge on any atom is 0.325 e. The molecule has 1 aromatic heterocycles. The molecule has 0 aliphatic rings. The summed E-state index contributed by atoms with van der Waals surface area (Å²) < 4.78 is 0. The van der Waals surface area contributed by atoms with E-state index in [1.54, 1.807) is 0 Å². The monoisotopic (exact) mass is 317 g/mol. The van der Waals surface area contributed by atoms with Gasteiger partial charge in [-0.25, -0.2) is 9.79 Å². The van der Waals surface area contributed by atoms with Crippen molar-refractivity contribution in [3.05, 3.63) is 54.8 Å². The molecular formula is C11H11Cl2N4O3+. The number of halogens is 2. The number of nitrogens with one attached hydrogen (secondary N) is 2. The van der Waals surface area contributed by atoms with Crippen LogP contribution in [-0.4, -0.2) is 21.3 Å². The fourth-order valence-corrected chi connectivity index (χ4v) is 1.83. The van der Waals surface area contributed by atoms with Crippen LogP contribution in [0.4, 0.5) is 5.69 Å². The van der Waals surface area contributed by atoms with E-state index < -0.39 is 11.2 Å². The van der Waals surface area contributed by atoms with Crippen LogP contribution < -0.4 is 17.4 Å². The highest BCUT2D eigenvalue weighted by Crippen LogP contribution is 2.30. The summed E-state index contributed by atoms with van der Waals surface area (Å²) in [4.78, 5) is 30.3. The van der Waals surface area contributed by atoms with Crippen LogP contribution in [0.25, 0.3) is 0 Å². The minimum atomic E-state index is -0.646. The number of hydrogen-bond acceptors (Lipinski definition) is 4. The van der Waals surface area contributed by atoms with E-state index in [2.05, 4.69) is 9.98 Å². The van der Waals surface area contributed by atoms with Gasteiger partial charge in [-0.1, -0.05) is 23.2 Å². The molecule has 20 heavy (non-hydrogen) atoms. The molecule has 7 nitrogen and oxygen atoms in total. The zero-order valence-electron chi connectivity index (χ0n) is 10.3. The predicted molar refractivity (Wildman–Crippen MR) is 79.0 cm³/mol. The molecule has 106 valence electrons. The Morgan fingerprint density at radius 1 is 1.25 bits per heavy atom. The fourth-order valence-electron chi connectivity index (χ4n) is 1.32. The van der Waals surface area contributed by atoms with Crippen molar-refractivity contribution in [2.24, 2.45) is 4.99 Å². The molecule has 7 N–H and O–H groups in total. The van der Waals surface area contributed by atoms with Crippen molar-refractivity contribution in [2.45, 2.75) is 0 Å². The van der Waals surface area contributed by atoms with Crippen LogP contribution in [0.3, 0.4) is 0 Å². The van der Waals surface area contributed by atoms with Gasteiger partial charge in [-0.15, -0.1) is 0 Å². The van der Waals surface area contributed by atoms with Gasteiger partial charge in [0.2, 0.25) is 0 Å². The lowest BCUT2D eigenvalue weighted by molar-refractivity contribution is 0.475. The number of H-pyrrole nitrogens is 2. The molecule has 1 heterocycles. The standard InChI is InChI=1S/C11H7Cl2N3O3.H3N/c12-6-1-5(9(17)7(13)2-6)3-14-8-4-15-11(19)16-10(8)18;/h1-4,17H,(H2,15,16,18,19);1H3/p+1. The molecule has 9 heteroatoms. The van der Waals surface area contributed by atoms with Gasteiger partial charge in [0.15, 0.2) is 0 Å². The van der Waals surface area contributed by atoms with Crippen LogP contribution in [0.15, 0.2) is 32.9 Å². The number of benzene rings is 1. The molecule has 0 fully saturated rings. The Hall–Kier alpha value is -2.09. The van der Waals surface area contributed by atoms with Gasteiger partial charge in [-0.3, -0.25) is 9.78 Å². The van der Waals surface area contributed by atoms with Gasteiger partial charge in [-0.2, -0.15) is 0 Å². The average molecular weight is 318 g/mol. The maximum atomic E-state index is 11.4. The molecule has 1 aromatic carbocycles. The zero-order chi connectivity index (χ0) is 14.0. The van der Waals surface area contributed by atoms with E-state index in [9.17, 15) is 14.7 Å². The molecule has 0 amide bonds. The lowest BCUT2D eigenvalue weighted by Crippen LogP contribution is -2.20. The van der Waals surface area contributed by atoms with E-state index in [4.69, 9.17) is 23.2 Å². The summed E-state index contributed by atoms with van der Waals surface area (Å²) in [6.45, 7) is 0. The minimum Gasteiger partial charge on any atom is -0.506 e. The van der Waals surface area contributed by atoms with E-state index in [0.717, 1.165) is 6.20 Å². The van der Waals surface area contributed by atoms with Gasteiger partial charge in [0.25, 0.3) is 5.56 Å². The number of aromatic nitrogens is 2. The molecule has 0 bridgehead atoms. The van der Waals surface area contributed by atoms with Crippen molar-refractivity contribution in [1.29, 1.82) is 0 Å². The quantitative estimate of drug-likeness (QED) is 0.632. The Bertz CT molecular complexity index is 767. The van der Waals surface area contributed by atoms with Crippen molar-refractivity contribution >= 4 is 35.1 Å². The summed E-state index contributed by atoms with van der Waals surface area (Å²) in [5.74, 6) is -0.198. The fraction of sp³-hybridized carbons (Fsp3) is 0. The zero-order valence-corrected chi connectivity index (χ0v) is 11.8. The average Bonchev–Trinajstić information content (AvgIpc) is 2.33. The third-order valence-corrected chi connectivity index (χ3v) is 2.71. The van der Waals surface area contributed by atoms with Gasteiger partial charge in [0.05, 0.1) is 5.02 Å². The van der Waals surface area contributed by atoms with E-state index in [0.29, 0.717) is 5.02 Å². The van der Waals surface area contributed by atoms with Crippen molar-refractivity contribution < 1.29 is 5.11 Å². The summed E-state index contributed by atoms with van der Waals surface area (Å²) >= 11 is 11.5. The number of aliphatic imine (C=N–C) groups is 1. The smallest absolute Gasteiger partial charge is 0.325 e. The largest absolute Gasteiger partial charge is 0.506 e. The second-order valence-electron chi connectivity index (χ2n) is 3.54. The number of quaternary nitrogens is 1. The highest BCUT2D eigenvalue weighted by atomic mass is 35.5. The third-order valence-electron chi connectivity index (χ3n) is 2.20. The second-order valence-corrected chi connectivity index (χ2v) is 4.38. The lowest BCUT2D eigenvalue weighted by atomic mass is 10.2. The first-order valence-corrected chi connectivity index (χ1v) is 5.77. The highest BCUT2D eigenvalue weighted by molar-refractivity contribution is 6.36. The van der Waals surface area contributed by atoms with Crippen LogP contribution in [-0.2, 0) is 0 Å². The summed E-state index contributed by atoms with van der Waals surface area (Å²) in [5.41, 5.74) is -1.04. The Balaban J connectivity index is 0.00000200. The number of aromatic amines is 2. The van der Waals surface area contributed by atoms with Gasteiger partial charge < -0.3 is 16.2 Å². The molecule has 2 aromatic rings. The number of phenols is 1. The maximum absolute atomic E-state index is 11.4. The summed E-state index contributed by atoms with van der Waals surface area (Å²) in [6, 6.07) is 2.81. The van der Waals surface area contributed by atoms with Crippen LogP contribution in [0.2, 0.25) is 10.0 Å². The number of rotatable bonds is 2. The second kappa shape index (κ2) is 6.38. The summed E-state index contributed by atoms with van der Waals surface area (Å²) in [6.07, 6.45) is 2.37. The first kappa shape index (κ1) is 16.0. The third kappa shape index (κ3) is 3.47. The molecule has 0 radical (unpaired) electrons. The molecule has 0 unspecified atom stereocenters. The minimum absolute atomic E-state index is 0. The van der Waals surface area contributed by atoms with Crippen molar-refractivity contribution in [1.82, 2.24) is 16.1 Å². The van der Waals surface area contributed by atoms with Gasteiger partial charge in [0, 0.05) is 23.0 Å². The normalized spacial score (nSPS) is 10.5. The van der Waals surface area contributed by atoms with Crippen molar-refractivity contribution in [3.8, 4) is 5.75 Å². The van der Waals surface area contributed by atoms with Crippen LogP contribution >= 0.6 is 23.2 Å². The molecule has 2 rings (SSSR count). The van der Waals surface area contributed by atoms with Crippen LogP contribution in [0.5, 0.6) is 5.75 Å². The Kier molecular flexibility index (Phi) is 5.09. The van der Waals surface area contributed by atoms with E-state index >= 15 is 0 Å². The Labute approximate surface area is 122 Å². The topological polar surface area (TPSA) is 135 Å². The molecule has 0 saturated carbocycles. The molecule has 0 aliphatic carbocycles. The van der Waals surface area contributed by atoms with Gasteiger partial charge in [0.1, 0.15) is 11.4 Å². The van der Waals surface area contributed by atoms with Crippen LogP contribution in [0, 0.1) is 0 Å². The van der Waals surface area contributed by atoms with Gasteiger partial charge >= 0.3 is 5.69 Å². The number of aromatic hydroxyl groups is 1. The first-order valence-electron chi connectivity index (χ1n) is 5.01. The Morgan fingerprint density at radius 2 is 1.95 bits per heavy atom. The lowest BCUT2D eigenvalue weighted by Gasteiger charge is -2.01. The van der Waals surface area contributed by atoms with E-state index in [-0.39, 0.29) is 28.2 Å². The number of phenolic OH excluding ortho intramolecular Hbond substituents is 1.